The lowest BCUT2D eigenvalue weighted by Crippen LogP contribution is -2.43. The van der Waals surface area contributed by atoms with Gasteiger partial charge in [0, 0.05) is 10.6 Å². The molecular formula is C28H23ClN2O2. The lowest BCUT2D eigenvalue weighted by Gasteiger charge is -2.36. The molecule has 164 valence electrons. The van der Waals surface area contributed by atoms with Crippen molar-refractivity contribution in [2.24, 2.45) is 5.16 Å². The van der Waals surface area contributed by atoms with Gasteiger partial charge in [0.15, 0.2) is 5.84 Å². The number of hydrogen-bond acceptors (Lipinski definition) is 4. The van der Waals surface area contributed by atoms with Gasteiger partial charge >= 0.3 is 0 Å². The molecule has 0 spiro atoms. The fourth-order valence-electron chi connectivity index (χ4n) is 4.20. The van der Waals surface area contributed by atoms with E-state index in [1.165, 1.54) is 0 Å². The van der Waals surface area contributed by atoms with E-state index in [-0.39, 0.29) is 6.04 Å². The first kappa shape index (κ1) is 21.3. The van der Waals surface area contributed by atoms with Gasteiger partial charge in [0.2, 0.25) is 6.23 Å². The largest absolute Gasteiger partial charge is 0.382 e. The van der Waals surface area contributed by atoms with Gasteiger partial charge in [-0.25, -0.2) is 0 Å². The number of halogens is 1. The summed E-state index contributed by atoms with van der Waals surface area (Å²) in [5.74, 6) is 0.643. The van der Waals surface area contributed by atoms with E-state index < -0.39 is 12.3 Å². The minimum atomic E-state index is -0.908. The molecule has 5 heteroatoms. The molecule has 0 saturated heterocycles. The maximum Gasteiger partial charge on any atom is 0.232 e. The molecule has 4 aromatic carbocycles. The van der Waals surface area contributed by atoms with Crippen LogP contribution in [0.4, 0.5) is 0 Å². The molecule has 2 unspecified atom stereocenters. The van der Waals surface area contributed by atoms with Gasteiger partial charge in [0.05, 0.1) is 6.04 Å². The normalized spacial score (nSPS) is 16.4. The third-order valence-electron chi connectivity index (χ3n) is 5.79. The van der Waals surface area contributed by atoms with Crippen LogP contribution in [-0.4, -0.2) is 22.1 Å². The molecule has 0 fully saturated rings. The van der Waals surface area contributed by atoms with Crippen LogP contribution in [0.2, 0.25) is 5.02 Å². The zero-order chi connectivity index (χ0) is 22.6. The summed E-state index contributed by atoms with van der Waals surface area (Å²) in [6, 6.07) is 37.2. The fraction of sp³-hybridized carbons (Fsp3) is 0.107. The smallest absolute Gasteiger partial charge is 0.232 e. The SMILES string of the molecule is OC(c1ccccc1)C1ON=C(c2ccc(Cl)cc2)N1C(c1ccccc1)c1ccccc1. The molecule has 0 aromatic heterocycles. The number of nitrogens with zero attached hydrogens (tertiary/aromatic N) is 2. The van der Waals surface area contributed by atoms with Gasteiger partial charge < -0.3 is 14.8 Å². The maximum absolute atomic E-state index is 11.4. The molecule has 0 radical (unpaired) electrons. The molecule has 4 aromatic rings. The van der Waals surface area contributed by atoms with Crippen LogP contribution in [0.1, 0.15) is 34.4 Å². The van der Waals surface area contributed by atoms with Crippen molar-refractivity contribution in [1.29, 1.82) is 0 Å². The Morgan fingerprint density at radius 3 is 1.70 bits per heavy atom. The van der Waals surface area contributed by atoms with Crippen molar-refractivity contribution < 1.29 is 9.94 Å². The number of hydrogen-bond donors (Lipinski definition) is 1. The van der Waals surface area contributed by atoms with Crippen LogP contribution >= 0.6 is 11.6 Å². The van der Waals surface area contributed by atoms with Gasteiger partial charge in [-0.15, -0.1) is 0 Å². The summed E-state index contributed by atoms with van der Waals surface area (Å²) in [5, 5.41) is 16.5. The summed E-state index contributed by atoms with van der Waals surface area (Å²) in [7, 11) is 0. The van der Waals surface area contributed by atoms with Crippen molar-refractivity contribution in [2.45, 2.75) is 18.4 Å². The third-order valence-corrected chi connectivity index (χ3v) is 6.04. The Kier molecular flexibility index (Phi) is 6.11. The van der Waals surface area contributed by atoms with E-state index in [1.807, 2.05) is 91.0 Å². The highest BCUT2D eigenvalue weighted by Crippen LogP contribution is 2.39. The summed E-state index contributed by atoms with van der Waals surface area (Å²) in [4.78, 5) is 7.99. The van der Waals surface area contributed by atoms with Crippen LogP contribution < -0.4 is 0 Å². The maximum atomic E-state index is 11.4. The topological polar surface area (TPSA) is 45.1 Å². The Labute approximate surface area is 198 Å². The first-order chi connectivity index (χ1) is 16.2. The first-order valence-electron chi connectivity index (χ1n) is 10.8. The van der Waals surface area contributed by atoms with Crippen molar-refractivity contribution >= 4 is 17.4 Å². The van der Waals surface area contributed by atoms with E-state index in [0.717, 1.165) is 22.3 Å². The van der Waals surface area contributed by atoms with Crippen molar-refractivity contribution in [3.05, 3.63) is 143 Å². The van der Waals surface area contributed by atoms with E-state index in [0.29, 0.717) is 10.9 Å². The molecule has 0 amide bonds. The third kappa shape index (κ3) is 4.36. The number of aliphatic hydroxyl groups excluding tert-OH is 1. The van der Waals surface area contributed by atoms with Crippen molar-refractivity contribution in [1.82, 2.24) is 4.90 Å². The summed E-state index contributed by atoms with van der Waals surface area (Å²) < 4.78 is 0. The zero-order valence-electron chi connectivity index (χ0n) is 17.8. The first-order valence-corrected chi connectivity index (χ1v) is 11.2. The van der Waals surface area contributed by atoms with E-state index in [2.05, 4.69) is 34.3 Å². The molecular weight excluding hydrogens is 432 g/mol. The van der Waals surface area contributed by atoms with E-state index in [9.17, 15) is 5.11 Å². The van der Waals surface area contributed by atoms with Gasteiger partial charge in [-0.1, -0.05) is 108 Å². The monoisotopic (exact) mass is 454 g/mol. The van der Waals surface area contributed by atoms with Crippen molar-refractivity contribution in [3.63, 3.8) is 0 Å². The molecule has 1 aliphatic rings. The number of amidine groups is 1. The second-order valence-electron chi connectivity index (χ2n) is 7.90. The summed E-state index contributed by atoms with van der Waals surface area (Å²) in [6.07, 6.45) is -1.63. The van der Waals surface area contributed by atoms with E-state index in [4.69, 9.17) is 16.4 Å². The Bertz CT molecular complexity index is 1180. The molecule has 1 heterocycles. The van der Waals surface area contributed by atoms with Crippen LogP contribution in [0.15, 0.2) is 120 Å². The standard InChI is InChI=1S/C28H23ClN2O2/c29-24-18-16-23(17-19-24)27-30-33-28(26(32)22-14-8-3-9-15-22)31(27)25(20-10-4-1-5-11-20)21-12-6-2-7-13-21/h1-19,25-26,28,32H. The average Bonchev–Trinajstić information content (AvgIpc) is 3.30. The minimum Gasteiger partial charge on any atom is -0.382 e. The van der Waals surface area contributed by atoms with Gasteiger partial charge in [-0.3, -0.25) is 0 Å². The lowest BCUT2D eigenvalue weighted by molar-refractivity contribution is -0.0851. The Morgan fingerprint density at radius 1 is 0.697 bits per heavy atom. The van der Waals surface area contributed by atoms with Crippen LogP contribution in [0.3, 0.4) is 0 Å². The number of aliphatic hydroxyl groups is 1. The second kappa shape index (κ2) is 9.49. The lowest BCUT2D eigenvalue weighted by atomic mass is 9.94. The predicted octanol–water partition coefficient (Wildman–Crippen LogP) is 6.18. The highest BCUT2D eigenvalue weighted by atomic mass is 35.5. The van der Waals surface area contributed by atoms with E-state index in [1.54, 1.807) is 0 Å². The van der Waals surface area contributed by atoms with Crippen LogP contribution in [0, 0.1) is 0 Å². The zero-order valence-corrected chi connectivity index (χ0v) is 18.6. The van der Waals surface area contributed by atoms with E-state index >= 15 is 0 Å². The molecule has 5 rings (SSSR count). The Balaban J connectivity index is 1.65. The number of rotatable bonds is 6. The molecule has 0 bridgehead atoms. The quantitative estimate of drug-likeness (QED) is 0.378. The number of oxime groups is 1. The van der Waals surface area contributed by atoms with Crippen LogP contribution in [0.25, 0.3) is 0 Å². The summed E-state index contributed by atoms with van der Waals surface area (Å²) >= 11 is 6.14. The molecule has 4 nitrogen and oxygen atoms in total. The summed E-state index contributed by atoms with van der Waals surface area (Å²) in [6.45, 7) is 0. The predicted molar refractivity (Wildman–Crippen MR) is 131 cm³/mol. The average molecular weight is 455 g/mol. The van der Waals surface area contributed by atoms with Crippen molar-refractivity contribution in [2.75, 3.05) is 0 Å². The molecule has 1 N–H and O–H groups in total. The van der Waals surface area contributed by atoms with Crippen LogP contribution in [-0.2, 0) is 4.84 Å². The minimum absolute atomic E-state index is 0.229. The highest BCUT2D eigenvalue weighted by Gasteiger charge is 2.42. The Morgan fingerprint density at radius 2 is 1.18 bits per heavy atom. The van der Waals surface area contributed by atoms with Gasteiger partial charge in [0.25, 0.3) is 0 Å². The molecule has 1 aliphatic heterocycles. The molecule has 0 saturated carbocycles. The summed E-state index contributed by atoms with van der Waals surface area (Å²) in [5.41, 5.74) is 3.77. The fourth-order valence-corrected chi connectivity index (χ4v) is 4.33. The molecule has 2 atom stereocenters. The van der Waals surface area contributed by atoms with Crippen LogP contribution in [0.5, 0.6) is 0 Å². The molecule has 0 aliphatic carbocycles. The second-order valence-corrected chi connectivity index (χ2v) is 8.34. The number of benzene rings is 4. The van der Waals surface area contributed by atoms with Crippen molar-refractivity contribution in [3.8, 4) is 0 Å². The van der Waals surface area contributed by atoms with Gasteiger partial charge in [0.1, 0.15) is 6.10 Å². The van der Waals surface area contributed by atoms with Gasteiger partial charge in [-0.2, -0.15) is 0 Å². The molecule has 33 heavy (non-hydrogen) atoms. The van der Waals surface area contributed by atoms with Gasteiger partial charge in [-0.05, 0) is 41.0 Å². The highest BCUT2D eigenvalue weighted by molar-refractivity contribution is 6.30. The Hall–Kier alpha value is -3.60.